The van der Waals surface area contributed by atoms with Crippen LogP contribution in [0.1, 0.15) is 5.56 Å². The number of amidine groups is 1. The second kappa shape index (κ2) is 3.36. The number of nitrogens with one attached hydrogen (secondary N) is 1. The van der Waals surface area contributed by atoms with E-state index in [-0.39, 0.29) is 10.7 Å². The van der Waals surface area contributed by atoms with Crippen molar-refractivity contribution in [3.63, 3.8) is 0 Å². The summed E-state index contributed by atoms with van der Waals surface area (Å²) >= 11 is 0. The van der Waals surface area contributed by atoms with Gasteiger partial charge in [-0.05, 0) is 12.1 Å². The van der Waals surface area contributed by atoms with E-state index in [0.717, 1.165) is 0 Å². The van der Waals surface area contributed by atoms with Gasteiger partial charge in [-0.3, -0.25) is 5.41 Å². The molecule has 64 valence electrons. The van der Waals surface area contributed by atoms with Gasteiger partial charge in [-0.2, -0.15) is 0 Å². The predicted molar refractivity (Wildman–Crippen MR) is 46.0 cm³/mol. The molecule has 0 fully saturated rings. The van der Waals surface area contributed by atoms with Gasteiger partial charge in [0.2, 0.25) is 0 Å². The highest BCUT2D eigenvalue weighted by molar-refractivity contribution is 7.72. The Morgan fingerprint density at radius 1 is 1.25 bits per heavy atom. The van der Waals surface area contributed by atoms with Gasteiger partial charge in [0.25, 0.3) is 0 Å². The van der Waals surface area contributed by atoms with Gasteiger partial charge in [0.1, 0.15) is 5.84 Å². The smallest absolute Gasteiger partial charge is 0.168 e. The molecule has 1 rings (SSSR count). The largest absolute Gasteiger partial charge is 0.384 e. The summed E-state index contributed by atoms with van der Waals surface area (Å²) in [6.07, 6.45) is 0. The summed E-state index contributed by atoms with van der Waals surface area (Å²) in [6.45, 7) is 0. The van der Waals surface area contributed by atoms with Crippen molar-refractivity contribution >= 4 is 16.5 Å². The molecule has 0 radical (unpaired) electrons. The molecule has 0 aliphatic heterocycles. The van der Waals surface area contributed by atoms with Crippen molar-refractivity contribution in [1.82, 2.24) is 0 Å². The number of thiol groups is 1. The van der Waals surface area contributed by atoms with E-state index in [4.69, 9.17) is 11.1 Å². The lowest BCUT2D eigenvalue weighted by atomic mass is 10.2. The van der Waals surface area contributed by atoms with Crippen molar-refractivity contribution in [3.05, 3.63) is 29.8 Å². The first kappa shape index (κ1) is 8.73. The summed E-state index contributed by atoms with van der Waals surface area (Å²) in [7, 11) is -2.54. The topological polar surface area (TPSA) is 84.0 Å². The van der Waals surface area contributed by atoms with E-state index in [0.29, 0.717) is 5.56 Å². The molecule has 0 bridgehead atoms. The Hall–Kier alpha value is -1.36. The molecule has 0 aromatic heterocycles. The Kier molecular flexibility index (Phi) is 2.44. The van der Waals surface area contributed by atoms with Crippen LogP contribution >= 0.6 is 0 Å². The van der Waals surface area contributed by atoms with Crippen molar-refractivity contribution in [2.75, 3.05) is 0 Å². The lowest BCUT2D eigenvalue weighted by Gasteiger charge is -1.96. The number of nitrogen functional groups attached to an aromatic ring is 1. The first-order valence-corrected chi connectivity index (χ1v) is 4.38. The second-order valence-corrected chi connectivity index (χ2v) is 3.25. The molecule has 0 atom stereocenters. The molecule has 4 nitrogen and oxygen atoms in total. The minimum Gasteiger partial charge on any atom is -0.384 e. The summed E-state index contributed by atoms with van der Waals surface area (Å²) in [5, 5.41) is 7.04. The molecule has 0 unspecified atom stereocenters. The maximum absolute atomic E-state index is 10.4. The van der Waals surface area contributed by atoms with E-state index in [1.54, 1.807) is 0 Å². The van der Waals surface area contributed by atoms with Crippen LogP contribution < -0.4 is 5.73 Å². The highest BCUT2D eigenvalue weighted by Crippen LogP contribution is 2.04. The van der Waals surface area contributed by atoms with Crippen molar-refractivity contribution in [3.8, 4) is 0 Å². The Balaban J connectivity index is 3.09. The number of hydrogen-bond donors (Lipinski definition) is 3. The molecule has 0 heterocycles. The van der Waals surface area contributed by atoms with Gasteiger partial charge < -0.3 is 5.73 Å². The van der Waals surface area contributed by atoms with Crippen LogP contribution in [0, 0.1) is 5.41 Å². The van der Waals surface area contributed by atoms with Crippen molar-refractivity contribution < 1.29 is 8.42 Å². The van der Waals surface area contributed by atoms with Gasteiger partial charge in [0.15, 0.2) is 10.7 Å². The molecule has 1 aromatic carbocycles. The molecule has 12 heavy (non-hydrogen) atoms. The number of hydrogen-bond acceptors (Lipinski definition) is 3. The summed E-state index contributed by atoms with van der Waals surface area (Å²) in [5.41, 5.74) is 5.70. The van der Waals surface area contributed by atoms with Gasteiger partial charge in [-0.1, -0.05) is 12.1 Å². The SMILES string of the molecule is N=C(N)c1ccc([SH](=O)=O)cc1. The Morgan fingerprint density at radius 3 is 2.08 bits per heavy atom. The van der Waals surface area contributed by atoms with E-state index in [1.165, 1.54) is 24.3 Å². The molecule has 5 heteroatoms. The standard InChI is InChI=1S/C7H8N2O2S/c8-7(9)5-1-3-6(4-2-5)12(10)11/h1-4,12H,(H3,8,9). The average Bonchev–Trinajstić information content (AvgIpc) is 2.04. The monoisotopic (exact) mass is 184 g/mol. The third kappa shape index (κ3) is 1.82. The zero-order valence-corrected chi connectivity index (χ0v) is 7.04. The Morgan fingerprint density at radius 2 is 1.75 bits per heavy atom. The van der Waals surface area contributed by atoms with Crippen LogP contribution in [0.3, 0.4) is 0 Å². The van der Waals surface area contributed by atoms with E-state index < -0.39 is 10.7 Å². The zero-order chi connectivity index (χ0) is 9.14. The lowest BCUT2D eigenvalue weighted by molar-refractivity contribution is 0.614. The fraction of sp³-hybridized carbons (Fsp3) is 0. The molecule has 0 saturated heterocycles. The molecular formula is C7H8N2O2S. The fourth-order valence-corrected chi connectivity index (χ4v) is 1.16. The van der Waals surface area contributed by atoms with Crippen LogP contribution in [-0.2, 0) is 10.7 Å². The minimum absolute atomic E-state index is 0.0670. The van der Waals surface area contributed by atoms with E-state index >= 15 is 0 Å². The highest BCUT2D eigenvalue weighted by Gasteiger charge is 1.97. The van der Waals surface area contributed by atoms with Crippen LogP contribution in [0.2, 0.25) is 0 Å². The normalized spacial score (nSPS) is 10.1. The second-order valence-electron chi connectivity index (χ2n) is 2.22. The third-order valence-electron chi connectivity index (χ3n) is 1.39. The van der Waals surface area contributed by atoms with Crippen LogP contribution in [0.15, 0.2) is 29.2 Å². The van der Waals surface area contributed by atoms with E-state index in [1.807, 2.05) is 0 Å². The first-order valence-electron chi connectivity index (χ1n) is 3.20. The van der Waals surface area contributed by atoms with Crippen LogP contribution in [0.4, 0.5) is 0 Å². The Bertz CT molecular complexity index is 359. The molecule has 0 aliphatic rings. The maximum Gasteiger partial charge on any atom is 0.168 e. The van der Waals surface area contributed by atoms with Gasteiger partial charge >= 0.3 is 0 Å². The highest BCUT2D eigenvalue weighted by atomic mass is 32.2. The van der Waals surface area contributed by atoms with Crippen LogP contribution in [-0.4, -0.2) is 14.3 Å². The summed E-state index contributed by atoms with van der Waals surface area (Å²) in [6, 6.07) is 5.84. The van der Waals surface area contributed by atoms with Gasteiger partial charge in [0.05, 0.1) is 4.90 Å². The molecule has 0 aliphatic carbocycles. The maximum atomic E-state index is 10.4. The molecule has 0 amide bonds. The number of rotatable bonds is 2. The minimum atomic E-state index is -2.54. The fourth-order valence-electron chi connectivity index (χ4n) is 0.763. The summed E-state index contributed by atoms with van der Waals surface area (Å²) < 4.78 is 20.9. The molecule has 1 aromatic rings. The average molecular weight is 184 g/mol. The van der Waals surface area contributed by atoms with E-state index in [9.17, 15) is 8.42 Å². The summed E-state index contributed by atoms with van der Waals surface area (Å²) in [5.74, 6) is -0.0670. The zero-order valence-electron chi connectivity index (χ0n) is 6.15. The van der Waals surface area contributed by atoms with Gasteiger partial charge in [-0.15, -0.1) is 0 Å². The van der Waals surface area contributed by atoms with Crippen LogP contribution in [0.25, 0.3) is 0 Å². The van der Waals surface area contributed by atoms with Crippen molar-refractivity contribution in [2.45, 2.75) is 4.90 Å². The molecular weight excluding hydrogens is 176 g/mol. The number of nitrogens with two attached hydrogens (primary N) is 1. The lowest BCUT2D eigenvalue weighted by Crippen LogP contribution is -2.10. The first-order chi connectivity index (χ1) is 5.61. The van der Waals surface area contributed by atoms with Crippen LogP contribution in [0.5, 0.6) is 0 Å². The quantitative estimate of drug-likeness (QED) is 0.342. The third-order valence-corrected chi connectivity index (χ3v) is 2.11. The predicted octanol–water partition coefficient (Wildman–Crippen LogP) is -0.0590. The van der Waals surface area contributed by atoms with Crippen molar-refractivity contribution in [1.29, 1.82) is 5.41 Å². The van der Waals surface area contributed by atoms with Gasteiger partial charge in [-0.25, -0.2) is 8.42 Å². The van der Waals surface area contributed by atoms with E-state index in [2.05, 4.69) is 0 Å². The molecule has 0 saturated carbocycles. The number of benzene rings is 1. The summed E-state index contributed by atoms with van der Waals surface area (Å²) in [4.78, 5) is 0.231. The molecule has 0 spiro atoms. The van der Waals surface area contributed by atoms with Gasteiger partial charge in [0, 0.05) is 5.56 Å². The van der Waals surface area contributed by atoms with Crippen molar-refractivity contribution in [2.24, 2.45) is 5.73 Å². The molecule has 3 N–H and O–H groups in total. The Labute approximate surface area is 71.5 Å².